The van der Waals surface area contributed by atoms with Crippen LogP contribution in [-0.2, 0) is 11.4 Å². The molecule has 0 spiro atoms. The maximum absolute atomic E-state index is 13.1. The number of nitrogens with one attached hydrogen (secondary N) is 1. The molecule has 0 aromatic heterocycles. The average molecular weight is 461 g/mol. The first-order valence-corrected chi connectivity index (χ1v) is 10.8. The zero-order chi connectivity index (χ0) is 23.4. The Labute approximate surface area is 198 Å². The number of aryl methyl sites for hydroxylation is 1. The largest absolute Gasteiger partial charge is 0.497 e. The molecule has 1 heterocycles. The van der Waals surface area contributed by atoms with E-state index in [2.05, 4.69) is 5.32 Å². The van der Waals surface area contributed by atoms with E-state index in [4.69, 9.17) is 26.4 Å². The second-order valence-corrected chi connectivity index (χ2v) is 7.89. The fourth-order valence-electron chi connectivity index (χ4n) is 3.54. The molecule has 33 heavy (non-hydrogen) atoms. The zero-order valence-electron chi connectivity index (χ0n) is 18.6. The molecule has 3 aromatic rings. The van der Waals surface area contributed by atoms with E-state index in [-0.39, 0.29) is 5.91 Å². The van der Waals surface area contributed by atoms with Crippen LogP contribution in [-0.4, -0.2) is 25.2 Å². The Morgan fingerprint density at radius 2 is 1.73 bits per heavy atom. The fraction of sp³-hybridized carbons (Fsp3) is 0.154. The van der Waals surface area contributed by atoms with Crippen LogP contribution in [0, 0.1) is 6.92 Å². The first-order chi connectivity index (χ1) is 16.0. The van der Waals surface area contributed by atoms with Crippen LogP contribution >= 0.6 is 12.2 Å². The van der Waals surface area contributed by atoms with Crippen molar-refractivity contribution in [3.05, 3.63) is 89.1 Å². The maximum Gasteiger partial charge on any atom is 0.281 e. The summed E-state index contributed by atoms with van der Waals surface area (Å²) in [7, 11) is 3.24. The van der Waals surface area contributed by atoms with E-state index in [1.807, 2.05) is 73.7 Å². The van der Waals surface area contributed by atoms with Crippen molar-refractivity contribution in [2.45, 2.75) is 13.5 Å². The quantitative estimate of drug-likeness (QED) is 0.402. The Balaban J connectivity index is 1.55. The molecule has 0 atom stereocenters. The van der Waals surface area contributed by atoms with E-state index in [1.165, 1.54) is 4.90 Å². The Bertz CT molecular complexity index is 1220. The second-order valence-electron chi connectivity index (χ2n) is 7.50. The number of nitrogens with zero attached hydrogens (tertiary/aromatic N) is 1. The van der Waals surface area contributed by atoms with E-state index in [1.54, 1.807) is 20.3 Å². The first kappa shape index (κ1) is 22.4. The number of carbonyl (C=O) groups excluding carboxylic acids is 1. The number of hydrogen-bond acceptors (Lipinski definition) is 5. The minimum atomic E-state index is -0.197. The standard InChI is InChI=1S/C26H24N2O4S/c1-17-5-4-6-20(13-17)28-25(29)23(27-26(28)33)15-18-7-12-24(31-3)19(14-18)16-32-22-10-8-21(30-2)9-11-22/h4-15H,16H2,1-3H3,(H,27,33)/b23-15+. The lowest BCUT2D eigenvalue weighted by atomic mass is 10.1. The molecule has 1 N–H and O–H groups in total. The minimum Gasteiger partial charge on any atom is -0.497 e. The predicted molar refractivity (Wildman–Crippen MR) is 133 cm³/mol. The molecule has 0 bridgehead atoms. The van der Waals surface area contributed by atoms with Gasteiger partial charge in [-0.1, -0.05) is 18.2 Å². The first-order valence-electron chi connectivity index (χ1n) is 10.4. The van der Waals surface area contributed by atoms with Gasteiger partial charge in [-0.25, -0.2) is 0 Å². The molecule has 1 fully saturated rings. The minimum absolute atomic E-state index is 0.197. The number of thiocarbonyl (C=S) groups is 1. The molecule has 4 rings (SSSR count). The molecule has 0 saturated carbocycles. The van der Waals surface area contributed by atoms with Gasteiger partial charge < -0.3 is 19.5 Å². The molecule has 7 heteroatoms. The third-order valence-electron chi connectivity index (χ3n) is 5.21. The van der Waals surface area contributed by atoms with Gasteiger partial charge in [0, 0.05) is 5.56 Å². The number of hydrogen-bond donors (Lipinski definition) is 1. The molecular weight excluding hydrogens is 436 g/mol. The van der Waals surface area contributed by atoms with E-state index >= 15 is 0 Å². The number of amides is 1. The van der Waals surface area contributed by atoms with E-state index in [0.717, 1.165) is 28.1 Å². The summed E-state index contributed by atoms with van der Waals surface area (Å²) in [5, 5.41) is 3.39. The number of benzene rings is 3. The smallest absolute Gasteiger partial charge is 0.281 e. The molecule has 1 aliphatic heterocycles. The lowest BCUT2D eigenvalue weighted by Crippen LogP contribution is -2.30. The summed E-state index contributed by atoms with van der Waals surface area (Å²) in [6.07, 6.45) is 1.78. The second kappa shape index (κ2) is 9.75. The highest BCUT2D eigenvalue weighted by atomic mass is 32.1. The number of ether oxygens (including phenoxy) is 3. The summed E-state index contributed by atoms with van der Waals surface area (Å²) in [6, 6.07) is 20.7. The van der Waals surface area contributed by atoms with Crippen molar-refractivity contribution < 1.29 is 19.0 Å². The van der Waals surface area contributed by atoms with Gasteiger partial charge in [0.15, 0.2) is 5.11 Å². The summed E-state index contributed by atoms with van der Waals surface area (Å²) in [4.78, 5) is 14.6. The lowest BCUT2D eigenvalue weighted by Gasteiger charge is -2.14. The molecule has 168 valence electrons. The third kappa shape index (κ3) is 4.99. The summed E-state index contributed by atoms with van der Waals surface area (Å²) >= 11 is 5.42. The molecule has 1 amide bonds. The zero-order valence-corrected chi connectivity index (χ0v) is 19.4. The Morgan fingerprint density at radius 3 is 2.42 bits per heavy atom. The molecule has 6 nitrogen and oxygen atoms in total. The number of carbonyl (C=O) groups is 1. The van der Waals surface area contributed by atoms with Crippen LogP contribution in [0.4, 0.5) is 5.69 Å². The SMILES string of the molecule is COc1ccc(OCc2cc(/C=C3/NC(=S)N(c4cccc(C)c4)C3=O)ccc2OC)cc1. The monoisotopic (exact) mass is 460 g/mol. The van der Waals surface area contributed by atoms with Crippen LogP contribution in [0.1, 0.15) is 16.7 Å². The molecular formula is C26H24N2O4S. The van der Waals surface area contributed by atoms with Crippen molar-refractivity contribution in [1.29, 1.82) is 0 Å². The Hall–Kier alpha value is -3.84. The summed E-state index contributed by atoms with van der Waals surface area (Å²) in [5.41, 5.74) is 3.88. The third-order valence-corrected chi connectivity index (χ3v) is 5.49. The molecule has 0 aliphatic carbocycles. The topological polar surface area (TPSA) is 60.0 Å². The van der Waals surface area contributed by atoms with Crippen LogP contribution in [0.3, 0.4) is 0 Å². The van der Waals surface area contributed by atoms with Crippen LogP contribution in [0.25, 0.3) is 6.08 Å². The van der Waals surface area contributed by atoms with E-state index in [0.29, 0.717) is 28.9 Å². The van der Waals surface area contributed by atoms with Crippen LogP contribution in [0.15, 0.2) is 72.4 Å². The highest BCUT2D eigenvalue weighted by Crippen LogP contribution is 2.27. The highest BCUT2D eigenvalue weighted by Gasteiger charge is 2.32. The van der Waals surface area contributed by atoms with E-state index in [9.17, 15) is 4.79 Å². The lowest BCUT2D eigenvalue weighted by molar-refractivity contribution is -0.113. The van der Waals surface area contributed by atoms with Gasteiger partial charge in [-0.15, -0.1) is 0 Å². The highest BCUT2D eigenvalue weighted by molar-refractivity contribution is 7.80. The number of rotatable bonds is 7. The summed E-state index contributed by atoms with van der Waals surface area (Å²) < 4.78 is 16.6. The van der Waals surface area contributed by atoms with Crippen LogP contribution < -0.4 is 24.4 Å². The average Bonchev–Trinajstić information content (AvgIpc) is 3.10. The van der Waals surface area contributed by atoms with Gasteiger partial charge in [-0.2, -0.15) is 0 Å². The van der Waals surface area contributed by atoms with Crippen molar-refractivity contribution >= 4 is 35.0 Å². The van der Waals surface area contributed by atoms with Crippen LogP contribution in [0.5, 0.6) is 17.2 Å². The molecule has 0 radical (unpaired) electrons. The predicted octanol–water partition coefficient (Wildman–Crippen LogP) is 4.85. The number of methoxy groups -OCH3 is 2. The molecule has 1 aliphatic rings. The van der Waals surface area contributed by atoms with Crippen molar-refractivity contribution in [2.24, 2.45) is 0 Å². The summed E-state index contributed by atoms with van der Waals surface area (Å²) in [6.45, 7) is 2.28. The van der Waals surface area contributed by atoms with Crippen molar-refractivity contribution in [1.82, 2.24) is 5.32 Å². The molecule has 1 saturated heterocycles. The van der Waals surface area contributed by atoms with Gasteiger partial charge >= 0.3 is 0 Å². The van der Waals surface area contributed by atoms with Gasteiger partial charge in [-0.05, 0) is 84.9 Å². The van der Waals surface area contributed by atoms with Gasteiger partial charge in [-0.3, -0.25) is 9.69 Å². The fourth-order valence-corrected chi connectivity index (χ4v) is 3.84. The van der Waals surface area contributed by atoms with Gasteiger partial charge in [0.25, 0.3) is 5.91 Å². The van der Waals surface area contributed by atoms with Gasteiger partial charge in [0.05, 0.1) is 19.9 Å². The Kier molecular flexibility index (Phi) is 6.60. The normalized spacial score (nSPS) is 14.4. The molecule has 3 aromatic carbocycles. The van der Waals surface area contributed by atoms with Crippen molar-refractivity contribution in [3.63, 3.8) is 0 Å². The maximum atomic E-state index is 13.1. The Morgan fingerprint density at radius 1 is 0.970 bits per heavy atom. The van der Waals surface area contributed by atoms with Crippen molar-refractivity contribution in [2.75, 3.05) is 19.1 Å². The van der Waals surface area contributed by atoms with Crippen molar-refractivity contribution in [3.8, 4) is 17.2 Å². The summed E-state index contributed by atoms with van der Waals surface area (Å²) in [5.74, 6) is 1.99. The van der Waals surface area contributed by atoms with Gasteiger partial charge in [0.2, 0.25) is 0 Å². The van der Waals surface area contributed by atoms with Gasteiger partial charge in [0.1, 0.15) is 29.6 Å². The van der Waals surface area contributed by atoms with Crippen LogP contribution in [0.2, 0.25) is 0 Å². The number of anilines is 1. The molecule has 0 unspecified atom stereocenters. The van der Waals surface area contributed by atoms with E-state index < -0.39 is 0 Å².